The molecule has 1 unspecified atom stereocenters. The normalized spacial score (nSPS) is 18.2. The molecule has 3 aromatic carbocycles. The molecular formula is C44H53BrN11O4P. The van der Waals surface area contributed by atoms with E-state index in [1.165, 1.54) is 16.8 Å². The number of piperazine rings is 1. The van der Waals surface area contributed by atoms with Gasteiger partial charge in [-0.25, -0.2) is 4.98 Å². The highest BCUT2D eigenvalue weighted by Gasteiger charge is 2.30. The summed E-state index contributed by atoms with van der Waals surface area (Å²) in [6, 6.07) is 16.5. The van der Waals surface area contributed by atoms with Crippen LogP contribution in [0.1, 0.15) is 43.7 Å². The number of amides is 2. The molecule has 2 aromatic heterocycles. The first-order valence-corrected chi connectivity index (χ1v) is 24.3. The zero-order valence-electron chi connectivity index (χ0n) is 35.1. The van der Waals surface area contributed by atoms with Crippen LogP contribution in [-0.4, -0.2) is 113 Å². The van der Waals surface area contributed by atoms with Crippen LogP contribution in [0.5, 0.6) is 5.75 Å². The Hall–Kier alpha value is -5.15. The number of hydrogen-bond acceptors (Lipinski definition) is 14. The smallest absolute Gasteiger partial charge is 0.249 e. The number of aryl methyl sites for hydroxylation is 1. The molecular weight excluding hydrogens is 857 g/mol. The number of rotatable bonds is 13. The standard InChI is InChI=1S/C44H53BrN11O4P/c1-5-29-24-36(51-44-48-26-32(45)42(53-44)50-34-11-10-33-40(47-17-16-46-33)41(34)61(3,4)59)38(60-2)25-37(29)56-18-14-31(15-19-56)55-22-20-54(21-23-55)27-28-6-8-30(9-7-28)49-35-12-13-39(57)52-43(35)58/h6-11,16-17,24-26,31,35,49H,5,12-15,18-23,27H2,1-4H3,(H,52,57,58)(H2,48,50,51,53). The van der Waals surface area contributed by atoms with E-state index in [1.54, 1.807) is 39.0 Å². The molecule has 320 valence electrons. The van der Waals surface area contributed by atoms with E-state index in [0.717, 1.165) is 76.5 Å². The predicted molar refractivity (Wildman–Crippen MR) is 246 cm³/mol. The quantitative estimate of drug-likeness (QED) is 0.0747. The Morgan fingerprint density at radius 1 is 0.902 bits per heavy atom. The van der Waals surface area contributed by atoms with E-state index in [0.29, 0.717) is 62.9 Å². The van der Waals surface area contributed by atoms with Crippen LogP contribution in [0.2, 0.25) is 0 Å². The van der Waals surface area contributed by atoms with Crippen LogP contribution in [0.15, 0.2) is 71.6 Å². The second-order valence-electron chi connectivity index (χ2n) is 16.3. The summed E-state index contributed by atoms with van der Waals surface area (Å²) in [7, 11) is -1.08. The maximum absolute atomic E-state index is 13.5. The Morgan fingerprint density at radius 2 is 1.66 bits per heavy atom. The van der Waals surface area contributed by atoms with E-state index in [2.05, 4.69) is 98.0 Å². The first kappa shape index (κ1) is 42.5. The molecule has 3 aliphatic rings. The van der Waals surface area contributed by atoms with Crippen molar-refractivity contribution in [2.24, 2.45) is 0 Å². The molecule has 0 aliphatic carbocycles. The van der Waals surface area contributed by atoms with E-state index in [1.807, 2.05) is 24.3 Å². The predicted octanol–water partition coefficient (Wildman–Crippen LogP) is 6.49. The molecule has 0 radical (unpaired) electrons. The zero-order chi connectivity index (χ0) is 42.7. The highest BCUT2D eigenvalue weighted by molar-refractivity contribution is 9.10. The Bertz CT molecular complexity index is 2450. The van der Waals surface area contributed by atoms with E-state index in [-0.39, 0.29) is 17.9 Å². The molecule has 5 aromatic rings. The first-order valence-electron chi connectivity index (χ1n) is 20.9. The van der Waals surface area contributed by atoms with Gasteiger partial charge in [-0.05, 0) is 96.4 Å². The molecule has 2 amide bonds. The summed E-state index contributed by atoms with van der Waals surface area (Å²) in [6.07, 6.45) is 8.86. The molecule has 8 rings (SSSR count). The van der Waals surface area contributed by atoms with Gasteiger partial charge in [-0.3, -0.25) is 34.7 Å². The molecule has 17 heteroatoms. The number of benzene rings is 3. The number of imide groups is 1. The molecule has 3 saturated heterocycles. The number of carbonyl (C=O) groups excluding carboxylic acids is 2. The fourth-order valence-electron chi connectivity index (χ4n) is 8.64. The van der Waals surface area contributed by atoms with Gasteiger partial charge in [0.25, 0.3) is 0 Å². The van der Waals surface area contributed by atoms with Crippen LogP contribution in [-0.2, 0) is 27.1 Å². The SMILES string of the molecule is CCc1cc(Nc2ncc(Br)c(Nc3ccc4nccnc4c3P(C)(C)=O)n2)c(OC)cc1N1CCC(N2CCN(Cc3ccc(NC4CCC(=O)NC4=O)cc3)CC2)CC1. The summed E-state index contributed by atoms with van der Waals surface area (Å²) in [5, 5.41) is 13.1. The number of hydrogen-bond donors (Lipinski definition) is 4. The molecule has 5 heterocycles. The minimum absolute atomic E-state index is 0.205. The third-order valence-corrected chi connectivity index (χ3v) is 14.0. The minimum atomic E-state index is -2.77. The van der Waals surface area contributed by atoms with E-state index >= 15 is 0 Å². The van der Waals surface area contributed by atoms with Gasteiger partial charge in [0, 0.05) is 94.3 Å². The Morgan fingerprint density at radius 3 is 2.36 bits per heavy atom. The van der Waals surface area contributed by atoms with Gasteiger partial charge in [0.05, 0.1) is 33.8 Å². The van der Waals surface area contributed by atoms with Crippen LogP contribution in [0.25, 0.3) is 11.0 Å². The maximum atomic E-state index is 13.5. The molecule has 0 saturated carbocycles. The van der Waals surface area contributed by atoms with Crippen LogP contribution in [0.4, 0.5) is 34.5 Å². The molecule has 15 nitrogen and oxygen atoms in total. The van der Waals surface area contributed by atoms with E-state index in [9.17, 15) is 14.2 Å². The summed E-state index contributed by atoms with van der Waals surface area (Å²) >= 11 is 3.60. The number of piperidine rings is 2. The number of carbonyl (C=O) groups is 2. The molecule has 61 heavy (non-hydrogen) atoms. The average Bonchev–Trinajstić information content (AvgIpc) is 3.26. The second-order valence-corrected chi connectivity index (χ2v) is 20.3. The summed E-state index contributed by atoms with van der Waals surface area (Å²) in [6.45, 7) is 12.7. The number of halogens is 1. The Kier molecular flexibility index (Phi) is 12.9. The summed E-state index contributed by atoms with van der Waals surface area (Å²) in [5.41, 5.74) is 7.25. The maximum Gasteiger partial charge on any atom is 0.249 e. The minimum Gasteiger partial charge on any atom is -0.494 e. The third kappa shape index (κ3) is 9.83. The van der Waals surface area contributed by atoms with Crippen LogP contribution >= 0.6 is 23.1 Å². The van der Waals surface area contributed by atoms with Gasteiger partial charge in [0.15, 0.2) is 0 Å². The molecule has 1 atom stereocenters. The van der Waals surface area contributed by atoms with Gasteiger partial charge in [0.1, 0.15) is 30.3 Å². The highest BCUT2D eigenvalue weighted by Crippen LogP contribution is 2.42. The molecule has 4 N–H and O–H groups in total. The van der Waals surface area contributed by atoms with Crippen molar-refractivity contribution in [3.63, 3.8) is 0 Å². The monoisotopic (exact) mass is 909 g/mol. The summed E-state index contributed by atoms with van der Waals surface area (Å²) in [4.78, 5) is 49.6. The van der Waals surface area contributed by atoms with Crippen molar-refractivity contribution in [3.05, 3.63) is 82.7 Å². The number of methoxy groups -OCH3 is 1. The van der Waals surface area contributed by atoms with Gasteiger partial charge in [-0.2, -0.15) is 4.98 Å². The van der Waals surface area contributed by atoms with Gasteiger partial charge >= 0.3 is 0 Å². The fraction of sp³-hybridized carbons (Fsp3) is 0.409. The van der Waals surface area contributed by atoms with Gasteiger partial charge in [0.2, 0.25) is 17.8 Å². The summed E-state index contributed by atoms with van der Waals surface area (Å²) in [5.74, 6) is 1.14. The number of fused-ring (bicyclic) bond motifs is 1. The number of nitrogens with zero attached hydrogens (tertiary/aromatic N) is 7. The van der Waals surface area contributed by atoms with Crippen molar-refractivity contribution in [2.75, 3.05) is 80.6 Å². The van der Waals surface area contributed by atoms with Crippen molar-refractivity contribution in [1.82, 2.24) is 35.1 Å². The largest absolute Gasteiger partial charge is 0.494 e. The van der Waals surface area contributed by atoms with Crippen LogP contribution in [0, 0.1) is 0 Å². The van der Waals surface area contributed by atoms with Crippen molar-refractivity contribution in [1.29, 1.82) is 0 Å². The number of nitrogens with one attached hydrogen (secondary N) is 4. The average molecular weight is 911 g/mol. The van der Waals surface area contributed by atoms with Gasteiger partial charge in [-0.1, -0.05) is 19.1 Å². The molecule has 0 spiro atoms. The van der Waals surface area contributed by atoms with Gasteiger partial charge in [-0.15, -0.1) is 0 Å². The number of ether oxygens (including phenoxy) is 1. The Balaban J connectivity index is 0.868. The third-order valence-electron chi connectivity index (χ3n) is 11.8. The van der Waals surface area contributed by atoms with Gasteiger partial charge < -0.3 is 30.2 Å². The molecule has 3 fully saturated rings. The molecule has 3 aliphatic heterocycles. The Labute approximate surface area is 365 Å². The highest BCUT2D eigenvalue weighted by atomic mass is 79.9. The molecule has 0 bridgehead atoms. The van der Waals surface area contributed by atoms with Crippen LogP contribution < -0.4 is 36.2 Å². The lowest BCUT2D eigenvalue weighted by Gasteiger charge is -2.43. The number of anilines is 6. The van der Waals surface area contributed by atoms with Crippen molar-refractivity contribution in [3.8, 4) is 5.75 Å². The topological polar surface area (TPSA) is 170 Å². The van der Waals surface area contributed by atoms with Crippen molar-refractivity contribution >= 4 is 85.7 Å². The van der Waals surface area contributed by atoms with Crippen molar-refractivity contribution in [2.45, 2.75) is 57.7 Å². The fourth-order valence-corrected chi connectivity index (χ4v) is 10.3. The lowest BCUT2D eigenvalue weighted by atomic mass is 9.99. The first-order chi connectivity index (χ1) is 29.4. The van der Waals surface area contributed by atoms with E-state index in [4.69, 9.17) is 9.72 Å². The lowest BCUT2D eigenvalue weighted by Crippen LogP contribution is -2.53. The van der Waals surface area contributed by atoms with E-state index < -0.39 is 7.14 Å². The summed E-state index contributed by atoms with van der Waals surface area (Å²) < 4.78 is 20.1. The zero-order valence-corrected chi connectivity index (χ0v) is 37.6. The van der Waals surface area contributed by atoms with Crippen LogP contribution in [0.3, 0.4) is 0 Å². The second kappa shape index (κ2) is 18.4. The number of aromatic nitrogens is 4. The lowest BCUT2D eigenvalue weighted by molar-refractivity contribution is -0.133. The van der Waals surface area contributed by atoms with Crippen molar-refractivity contribution < 1.29 is 18.9 Å².